The van der Waals surface area contributed by atoms with Gasteiger partial charge in [0, 0.05) is 42.8 Å². The standard InChI is InChI=1S/C53H34N2S2/c1-3-11-35(12-4-1)36-21-27-41(28-22-36)55(42-29-23-38(24-30-42)45-18-9-16-37-13-7-8-17-44(37)45)43-31-25-39(26-32-43)46-19-10-20-49-52(46)47-33-48-51(34-50(47)56-49)57-53(54-48)40-14-5-2-6-15-40/h1-34H. The molecule has 4 heteroatoms. The second-order valence-electron chi connectivity index (χ2n) is 14.4. The van der Waals surface area contributed by atoms with E-state index in [1.54, 1.807) is 11.3 Å². The van der Waals surface area contributed by atoms with Crippen LogP contribution in [-0.4, -0.2) is 4.98 Å². The van der Waals surface area contributed by atoms with Gasteiger partial charge in [0.25, 0.3) is 0 Å². The summed E-state index contributed by atoms with van der Waals surface area (Å²) in [4.78, 5) is 7.44. The quantitative estimate of drug-likeness (QED) is 0.161. The molecule has 0 saturated heterocycles. The second-order valence-corrected chi connectivity index (χ2v) is 16.5. The third-order valence-electron chi connectivity index (χ3n) is 10.9. The first-order chi connectivity index (χ1) is 28.2. The molecule has 9 aromatic carbocycles. The number of rotatable bonds is 7. The summed E-state index contributed by atoms with van der Waals surface area (Å²) >= 11 is 3.63. The first kappa shape index (κ1) is 33.5. The molecule has 0 atom stereocenters. The Bertz CT molecular complexity index is 3200. The largest absolute Gasteiger partial charge is 0.311 e. The van der Waals surface area contributed by atoms with Gasteiger partial charge in [0.15, 0.2) is 0 Å². The van der Waals surface area contributed by atoms with Gasteiger partial charge in [-0.3, -0.25) is 0 Å². The average molecular weight is 763 g/mol. The van der Waals surface area contributed by atoms with Gasteiger partial charge in [-0.1, -0.05) is 152 Å². The van der Waals surface area contributed by atoms with Gasteiger partial charge in [-0.15, -0.1) is 22.7 Å². The van der Waals surface area contributed by atoms with Crippen molar-refractivity contribution in [3.05, 3.63) is 206 Å². The number of hydrogen-bond acceptors (Lipinski definition) is 4. The smallest absolute Gasteiger partial charge is 0.124 e. The topological polar surface area (TPSA) is 16.1 Å². The lowest BCUT2D eigenvalue weighted by Gasteiger charge is -2.26. The summed E-state index contributed by atoms with van der Waals surface area (Å²) in [6, 6.07) is 74.5. The highest BCUT2D eigenvalue weighted by atomic mass is 32.1. The summed E-state index contributed by atoms with van der Waals surface area (Å²) in [6.07, 6.45) is 0. The Hall–Kier alpha value is -6.85. The lowest BCUT2D eigenvalue weighted by molar-refractivity contribution is 1.28. The van der Waals surface area contributed by atoms with E-state index >= 15 is 0 Å². The minimum Gasteiger partial charge on any atom is -0.311 e. The monoisotopic (exact) mass is 762 g/mol. The Labute approximate surface area is 339 Å². The van der Waals surface area contributed by atoms with Crippen molar-refractivity contribution in [2.45, 2.75) is 0 Å². The molecular formula is C53H34N2S2. The number of nitrogens with zero attached hydrogens (tertiary/aromatic N) is 2. The maximum atomic E-state index is 5.09. The average Bonchev–Trinajstić information content (AvgIpc) is 3.87. The Morgan fingerprint density at radius 2 is 0.895 bits per heavy atom. The maximum absolute atomic E-state index is 5.09. The third-order valence-corrected chi connectivity index (χ3v) is 13.1. The minimum absolute atomic E-state index is 1.05. The van der Waals surface area contributed by atoms with Crippen molar-refractivity contribution in [1.82, 2.24) is 4.98 Å². The van der Waals surface area contributed by atoms with E-state index in [2.05, 4.69) is 211 Å². The Kier molecular flexibility index (Phi) is 8.24. The van der Waals surface area contributed by atoms with Crippen LogP contribution in [0.5, 0.6) is 0 Å². The fourth-order valence-corrected chi connectivity index (χ4v) is 10.4. The van der Waals surface area contributed by atoms with E-state index in [0.29, 0.717) is 0 Å². The lowest BCUT2D eigenvalue weighted by Crippen LogP contribution is -2.09. The van der Waals surface area contributed by atoms with Gasteiger partial charge in [0.2, 0.25) is 0 Å². The molecule has 2 nitrogen and oxygen atoms in total. The molecule has 11 rings (SSSR count). The summed E-state index contributed by atoms with van der Waals surface area (Å²) in [6.45, 7) is 0. The highest BCUT2D eigenvalue weighted by Crippen LogP contribution is 2.44. The summed E-state index contributed by atoms with van der Waals surface area (Å²) in [5, 5.41) is 6.13. The third kappa shape index (κ3) is 6.07. The molecule has 0 radical (unpaired) electrons. The van der Waals surface area contributed by atoms with Crippen LogP contribution < -0.4 is 4.90 Å². The van der Waals surface area contributed by atoms with Gasteiger partial charge < -0.3 is 4.90 Å². The molecule has 2 heterocycles. The van der Waals surface area contributed by atoms with E-state index in [1.807, 2.05) is 11.3 Å². The number of benzene rings is 9. The predicted octanol–water partition coefficient (Wildman–Crippen LogP) is 16.0. The zero-order chi connectivity index (χ0) is 37.7. The Balaban J connectivity index is 0.989. The van der Waals surface area contributed by atoms with E-state index in [4.69, 9.17) is 4.98 Å². The number of thiazole rings is 1. The molecule has 0 spiro atoms. The molecular weight excluding hydrogens is 729 g/mol. The fourth-order valence-electron chi connectivity index (χ4n) is 8.13. The molecule has 0 fully saturated rings. The SMILES string of the molecule is c1ccc(-c2ccc(N(c3ccc(-c4cccc5ccccc45)cc3)c3ccc(-c4cccc5sc6cc7sc(-c8ccccc8)nc7cc6c45)cc3)cc2)cc1. The molecule has 11 aromatic rings. The first-order valence-corrected chi connectivity index (χ1v) is 20.8. The van der Waals surface area contributed by atoms with Gasteiger partial charge in [0.05, 0.1) is 10.2 Å². The van der Waals surface area contributed by atoms with E-state index in [0.717, 1.165) is 33.1 Å². The molecule has 0 saturated carbocycles. The van der Waals surface area contributed by atoms with Crippen LogP contribution in [-0.2, 0) is 0 Å². The van der Waals surface area contributed by atoms with Crippen LogP contribution in [0, 0.1) is 0 Å². The summed E-state index contributed by atoms with van der Waals surface area (Å²) in [5.41, 5.74) is 12.8. The lowest BCUT2D eigenvalue weighted by atomic mass is 9.97. The predicted molar refractivity (Wildman–Crippen MR) is 246 cm³/mol. The van der Waals surface area contributed by atoms with Crippen molar-refractivity contribution in [2.75, 3.05) is 4.90 Å². The van der Waals surface area contributed by atoms with Crippen LogP contribution in [0.4, 0.5) is 17.1 Å². The highest BCUT2D eigenvalue weighted by Gasteiger charge is 2.17. The van der Waals surface area contributed by atoms with E-state index in [9.17, 15) is 0 Å². The van der Waals surface area contributed by atoms with Crippen LogP contribution in [0.3, 0.4) is 0 Å². The van der Waals surface area contributed by atoms with Crippen molar-refractivity contribution in [3.8, 4) is 44.0 Å². The minimum atomic E-state index is 1.05. The van der Waals surface area contributed by atoms with Crippen LogP contribution in [0.1, 0.15) is 0 Å². The molecule has 268 valence electrons. The van der Waals surface area contributed by atoms with Crippen molar-refractivity contribution < 1.29 is 0 Å². The van der Waals surface area contributed by atoms with Crippen molar-refractivity contribution in [2.24, 2.45) is 0 Å². The number of hydrogen-bond donors (Lipinski definition) is 0. The highest BCUT2D eigenvalue weighted by molar-refractivity contribution is 7.26. The molecule has 0 aliphatic carbocycles. The van der Waals surface area contributed by atoms with Crippen LogP contribution in [0.15, 0.2) is 206 Å². The molecule has 0 aliphatic heterocycles. The summed E-state index contributed by atoms with van der Waals surface area (Å²) in [5.74, 6) is 0. The van der Waals surface area contributed by atoms with Crippen molar-refractivity contribution in [1.29, 1.82) is 0 Å². The molecule has 2 aromatic heterocycles. The number of fused-ring (bicyclic) bond motifs is 5. The molecule has 57 heavy (non-hydrogen) atoms. The van der Waals surface area contributed by atoms with Crippen molar-refractivity contribution >= 4 is 80.9 Å². The van der Waals surface area contributed by atoms with Gasteiger partial charge in [-0.25, -0.2) is 4.98 Å². The molecule has 0 N–H and O–H groups in total. The van der Waals surface area contributed by atoms with Gasteiger partial charge in [0.1, 0.15) is 5.01 Å². The molecule has 0 bridgehead atoms. The van der Waals surface area contributed by atoms with E-state index < -0.39 is 0 Å². The van der Waals surface area contributed by atoms with Crippen LogP contribution in [0.25, 0.3) is 85.1 Å². The Morgan fingerprint density at radius 1 is 0.351 bits per heavy atom. The summed E-state index contributed by atoms with van der Waals surface area (Å²) < 4.78 is 3.81. The fraction of sp³-hybridized carbons (Fsp3) is 0. The van der Waals surface area contributed by atoms with Crippen LogP contribution in [0.2, 0.25) is 0 Å². The number of anilines is 3. The van der Waals surface area contributed by atoms with Crippen molar-refractivity contribution in [3.63, 3.8) is 0 Å². The van der Waals surface area contributed by atoms with Gasteiger partial charge >= 0.3 is 0 Å². The molecule has 0 aliphatic rings. The number of aromatic nitrogens is 1. The van der Waals surface area contributed by atoms with Gasteiger partial charge in [-0.2, -0.15) is 0 Å². The zero-order valence-electron chi connectivity index (χ0n) is 30.8. The van der Waals surface area contributed by atoms with E-state index in [-0.39, 0.29) is 0 Å². The molecule has 0 amide bonds. The maximum Gasteiger partial charge on any atom is 0.124 e. The summed E-state index contributed by atoms with van der Waals surface area (Å²) in [7, 11) is 0. The number of thiophene rings is 1. The molecule has 0 unspecified atom stereocenters. The zero-order valence-corrected chi connectivity index (χ0v) is 32.5. The Morgan fingerprint density at radius 3 is 1.60 bits per heavy atom. The normalized spacial score (nSPS) is 11.5. The second kappa shape index (κ2) is 14.0. The van der Waals surface area contributed by atoms with Crippen LogP contribution >= 0.6 is 22.7 Å². The van der Waals surface area contributed by atoms with Gasteiger partial charge in [-0.05, 0) is 98.8 Å². The van der Waals surface area contributed by atoms with E-state index in [1.165, 1.54) is 69.0 Å². The first-order valence-electron chi connectivity index (χ1n) is 19.2.